The second-order valence-corrected chi connectivity index (χ2v) is 14.6. The Morgan fingerprint density at radius 2 is 0.936 bits per heavy atom. The number of hydrogen-bond donors (Lipinski definition) is 0. The highest BCUT2D eigenvalue weighted by atomic mass is 15.1. The Labute approximate surface area is 278 Å². The van der Waals surface area contributed by atoms with Crippen LogP contribution in [0.3, 0.4) is 0 Å². The Balaban J connectivity index is 1.22. The van der Waals surface area contributed by atoms with Crippen molar-refractivity contribution in [3.63, 3.8) is 0 Å². The first kappa shape index (κ1) is 27.3. The molecule has 4 bridgehead atoms. The van der Waals surface area contributed by atoms with E-state index < -0.39 is 0 Å². The molecule has 6 aromatic rings. The minimum Gasteiger partial charge on any atom is -0.309 e. The first-order valence-electron chi connectivity index (χ1n) is 17.6. The Hall–Kier alpha value is -4.88. The molecule has 5 aliphatic carbocycles. The molecule has 6 aromatic carbocycles. The summed E-state index contributed by atoms with van der Waals surface area (Å²) in [5.74, 6) is 3.35. The van der Waals surface area contributed by atoms with E-state index in [0.717, 1.165) is 23.7 Å². The van der Waals surface area contributed by atoms with Crippen molar-refractivity contribution in [3.8, 4) is 33.4 Å². The summed E-state index contributed by atoms with van der Waals surface area (Å²) in [4.78, 5) is 2.56. The third-order valence-corrected chi connectivity index (χ3v) is 12.3. The third kappa shape index (κ3) is 4.02. The summed E-state index contributed by atoms with van der Waals surface area (Å²) >= 11 is 0. The number of rotatable bonds is 5. The molecule has 0 radical (unpaired) electrons. The lowest BCUT2D eigenvalue weighted by Crippen LogP contribution is -2.55. The summed E-state index contributed by atoms with van der Waals surface area (Å²) in [5, 5.41) is 0. The first-order chi connectivity index (χ1) is 23.3. The van der Waals surface area contributed by atoms with Crippen LogP contribution in [-0.4, -0.2) is 0 Å². The second kappa shape index (κ2) is 10.6. The molecule has 0 heterocycles. The van der Waals surface area contributed by atoms with Gasteiger partial charge in [0.25, 0.3) is 0 Å². The summed E-state index contributed by atoms with van der Waals surface area (Å²) in [6.45, 7) is 0. The van der Waals surface area contributed by atoms with Gasteiger partial charge >= 0.3 is 0 Å². The van der Waals surface area contributed by atoms with Gasteiger partial charge in [-0.05, 0) is 113 Å². The largest absolute Gasteiger partial charge is 0.309 e. The normalized spacial score (nSPS) is 24.7. The van der Waals surface area contributed by atoms with Crippen LogP contribution in [0.15, 0.2) is 152 Å². The van der Waals surface area contributed by atoms with E-state index in [0.29, 0.717) is 0 Å². The molecule has 0 aliphatic heterocycles. The molecule has 11 rings (SSSR count). The predicted octanol–water partition coefficient (Wildman–Crippen LogP) is 12.2. The number of nitrogens with zero attached hydrogens (tertiary/aromatic N) is 1. The molecule has 1 nitrogen and oxygen atoms in total. The summed E-state index contributed by atoms with van der Waals surface area (Å²) in [5.41, 5.74) is 14.9. The van der Waals surface area contributed by atoms with Crippen molar-refractivity contribution in [2.24, 2.45) is 23.7 Å². The average Bonchev–Trinajstić information content (AvgIpc) is 3.43. The smallest absolute Gasteiger partial charge is 0.0543 e. The maximum Gasteiger partial charge on any atom is 0.0543 e. The van der Waals surface area contributed by atoms with E-state index in [9.17, 15) is 0 Å². The van der Waals surface area contributed by atoms with Crippen molar-refractivity contribution in [2.45, 2.75) is 37.5 Å². The molecule has 47 heavy (non-hydrogen) atoms. The summed E-state index contributed by atoms with van der Waals surface area (Å²) in [6.07, 6.45) is 7.05. The minimum absolute atomic E-state index is 0.136. The van der Waals surface area contributed by atoms with Crippen LogP contribution in [0.5, 0.6) is 0 Å². The van der Waals surface area contributed by atoms with Gasteiger partial charge in [-0.2, -0.15) is 0 Å². The lowest BCUT2D eigenvalue weighted by Gasteiger charge is -2.61. The second-order valence-electron chi connectivity index (χ2n) is 14.6. The average molecular weight is 606 g/mol. The van der Waals surface area contributed by atoms with Crippen LogP contribution in [0.2, 0.25) is 0 Å². The highest BCUT2D eigenvalue weighted by Gasteiger charge is 2.61. The molecular weight excluding hydrogens is 567 g/mol. The maximum atomic E-state index is 2.56. The van der Waals surface area contributed by atoms with Gasteiger partial charge in [-0.25, -0.2) is 0 Å². The lowest BCUT2D eigenvalue weighted by atomic mass is 9.43. The van der Waals surface area contributed by atoms with Gasteiger partial charge in [0.15, 0.2) is 0 Å². The summed E-state index contributed by atoms with van der Waals surface area (Å²) < 4.78 is 0. The van der Waals surface area contributed by atoms with Crippen LogP contribution in [0.25, 0.3) is 33.4 Å². The standard InChI is InChI=1S/C46H39N/c1-3-12-33(13-4-1)34-22-24-38(25-23-34)47(43-20-10-8-16-39(43)35-14-5-2-6-15-35)44-21-11-19-42-45(44)40-17-7-9-18-41(40)46(42)36-27-31-26-32(29-36)30-37(46)28-31/h1-25,31-32,36-37H,26-30H2/t31-,32?,36-,37-,46?/m1/s1. The molecule has 1 heteroatoms. The zero-order chi connectivity index (χ0) is 31.0. The Kier molecular flexibility index (Phi) is 6.13. The SMILES string of the molecule is c1ccc(-c2ccc(N(c3ccccc3-c3ccccc3)c3cccc4c3-c3ccccc3C43[C@H]4CC5C[C@H](C4)C[C@@H]3C5)cc2)cc1. The Bertz CT molecular complexity index is 2060. The molecule has 0 atom stereocenters. The number of benzene rings is 6. The monoisotopic (exact) mass is 605 g/mol. The Morgan fingerprint density at radius 1 is 0.404 bits per heavy atom. The fraction of sp³-hybridized carbons (Fsp3) is 0.217. The van der Waals surface area contributed by atoms with Crippen molar-refractivity contribution < 1.29 is 0 Å². The van der Waals surface area contributed by atoms with Gasteiger partial charge in [0.05, 0.1) is 11.4 Å². The zero-order valence-electron chi connectivity index (χ0n) is 26.7. The molecule has 4 saturated carbocycles. The fourth-order valence-electron chi connectivity index (χ4n) is 10.7. The van der Waals surface area contributed by atoms with Gasteiger partial charge in [0.1, 0.15) is 0 Å². The zero-order valence-corrected chi connectivity index (χ0v) is 26.7. The quantitative estimate of drug-likeness (QED) is 0.189. The number of fused-ring (bicyclic) bond motifs is 3. The van der Waals surface area contributed by atoms with E-state index in [1.807, 2.05) is 0 Å². The van der Waals surface area contributed by atoms with Crippen molar-refractivity contribution in [1.29, 1.82) is 0 Å². The molecule has 0 aromatic heterocycles. The molecule has 228 valence electrons. The Morgan fingerprint density at radius 3 is 1.64 bits per heavy atom. The molecule has 0 saturated heterocycles. The van der Waals surface area contributed by atoms with E-state index in [4.69, 9.17) is 0 Å². The fourth-order valence-corrected chi connectivity index (χ4v) is 10.7. The number of para-hydroxylation sites is 1. The molecule has 0 amide bonds. The van der Waals surface area contributed by atoms with Crippen LogP contribution in [0, 0.1) is 23.7 Å². The van der Waals surface area contributed by atoms with Crippen LogP contribution in [0.4, 0.5) is 17.1 Å². The summed E-state index contributed by atoms with van der Waals surface area (Å²) in [7, 11) is 0. The molecule has 1 spiro atoms. The van der Waals surface area contributed by atoms with Crippen molar-refractivity contribution in [1.82, 2.24) is 0 Å². The van der Waals surface area contributed by atoms with E-state index in [1.165, 1.54) is 82.5 Å². The van der Waals surface area contributed by atoms with Gasteiger partial charge in [0, 0.05) is 22.2 Å². The molecule has 5 aliphatic rings. The highest BCUT2D eigenvalue weighted by Crippen LogP contribution is 2.70. The van der Waals surface area contributed by atoms with E-state index in [-0.39, 0.29) is 5.41 Å². The van der Waals surface area contributed by atoms with E-state index >= 15 is 0 Å². The van der Waals surface area contributed by atoms with Gasteiger partial charge in [-0.3, -0.25) is 0 Å². The topological polar surface area (TPSA) is 3.24 Å². The van der Waals surface area contributed by atoms with Crippen LogP contribution in [0.1, 0.15) is 43.2 Å². The first-order valence-corrected chi connectivity index (χ1v) is 17.6. The maximum absolute atomic E-state index is 2.56. The van der Waals surface area contributed by atoms with Crippen molar-refractivity contribution in [2.75, 3.05) is 4.90 Å². The van der Waals surface area contributed by atoms with Gasteiger partial charge in [0.2, 0.25) is 0 Å². The minimum atomic E-state index is 0.136. The number of anilines is 3. The van der Waals surface area contributed by atoms with Gasteiger partial charge < -0.3 is 4.90 Å². The van der Waals surface area contributed by atoms with Gasteiger partial charge in [-0.15, -0.1) is 0 Å². The molecule has 4 fully saturated rings. The third-order valence-electron chi connectivity index (χ3n) is 12.3. The van der Waals surface area contributed by atoms with Gasteiger partial charge in [-0.1, -0.05) is 127 Å². The molecule has 0 unspecified atom stereocenters. The van der Waals surface area contributed by atoms with Crippen LogP contribution in [-0.2, 0) is 5.41 Å². The van der Waals surface area contributed by atoms with Crippen molar-refractivity contribution >= 4 is 17.1 Å². The molecule has 0 N–H and O–H groups in total. The van der Waals surface area contributed by atoms with Crippen LogP contribution < -0.4 is 4.90 Å². The molecular formula is C46H39N. The van der Waals surface area contributed by atoms with E-state index in [1.54, 1.807) is 11.1 Å². The highest BCUT2D eigenvalue weighted by molar-refractivity contribution is 5.98. The predicted molar refractivity (Wildman–Crippen MR) is 195 cm³/mol. The number of hydrogen-bond acceptors (Lipinski definition) is 1. The van der Waals surface area contributed by atoms with Crippen LogP contribution >= 0.6 is 0 Å². The summed E-state index contributed by atoms with van der Waals surface area (Å²) in [6, 6.07) is 56.6. The lowest BCUT2D eigenvalue weighted by molar-refractivity contribution is -0.0399. The van der Waals surface area contributed by atoms with E-state index in [2.05, 4.69) is 157 Å². The van der Waals surface area contributed by atoms with Crippen molar-refractivity contribution in [3.05, 3.63) is 163 Å².